The topological polar surface area (TPSA) is 29.1 Å². The molecule has 2 heteroatoms. The van der Waals surface area contributed by atoms with Crippen molar-refractivity contribution in [2.75, 3.05) is 6.54 Å². The molecule has 1 N–H and O–H groups in total. The van der Waals surface area contributed by atoms with Crippen molar-refractivity contribution < 1.29 is 4.79 Å². The van der Waals surface area contributed by atoms with Crippen molar-refractivity contribution in [1.82, 2.24) is 5.32 Å². The second-order valence-corrected chi connectivity index (χ2v) is 1.86. The van der Waals surface area contributed by atoms with Gasteiger partial charge in [0.2, 0.25) is 0 Å². The fourth-order valence-electron chi connectivity index (χ4n) is 0.841. The quantitative estimate of drug-likeness (QED) is 0.393. The largest absolute Gasteiger partial charge is 0.388 e. The lowest BCUT2D eigenvalue weighted by molar-refractivity contribution is -0.104. The van der Waals surface area contributed by atoms with E-state index >= 15 is 0 Å². The molecule has 0 bridgehead atoms. The van der Waals surface area contributed by atoms with Crippen LogP contribution in [0.4, 0.5) is 0 Å². The van der Waals surface area contributed by atoms with Gasteiger partial charge in [-0.3, -0.25) is 4.79 Å². The Morgan fingerprint density at radius 3 is 3.00 bits per heavy atom. The van der Waals surface area contributed by atoms with Crippen molar-refractivity contribution in [3.63, 3.8) is 0 Å². The zero-order valence-electron chi connectivity index (χ0n) is 4.68. The Morgan fingerprint density at radius 1 is 1.62 bits per heavy atom. The highest BCUT2D eigenvalue weighted by Gasteiger charge is 2.02. The summed E-state index contributed by atoms with van der Waals surface area (Å²) < 4.78 is 0. The van der Waals surface area contributed by atoms with Crippen LogP contribution < -0.4 is 5.32 Å². The van der Waals surface area contributed by atoms with Crippen LogP contribution in [0.5, 0.6) is 0 Å². The van der Waals surface area contributed by atoms with Crippen LogP contribution in [0.3, 0.4) is 0 Å². The molecular formula is C6H9NO. The monoisotopic (exact) mass is 111 g/mol. The van der Waals surface area contributed by atoms with Crippen LogP contribution in [0.15, 0.2) is 11.8 Å². The van der Waals surface area contributed by atoms with Gasteiger partial charge in [-0.25, -0.2) is 0 Å². The highest BCUT2D eigenvalue weighted by atomic mass is 16.1. The lowest BCUT2D eigenvalue weighted by Crippen LogP contribution is -2.02. The third-order valence-corrected chi connectivity index (χ3v) is 1.24. The molecule has 1 saturated heterocycles. The van der Waals surface area contributed by atoms with Crippen LogP contribution in [0.2, 0.25) is 0 Å². The summed E-state index contributed by atoms with van der Waals surface area (Å²) in [4.78, 5) is 9.84. The predicted molar refractivity (Wildman–Crippen MR) is 31.4 cm³/mol. The molecule has 1 fully saturated rings. The maximum absolute atomic E-state index is 9.84. The van der Waals surface area contributed by atoms with E-state index in [9.17, 15) is 4.79 Å². The summed E-state index contributed by atoms with van der Waals surface area (Å²) in [7, 11) is 0. The van der Waals surface area contributed by atoms with E-state index in [-0.39, 0.29) is 0 Å². The van der Waals surface area contributed by atoms with Crippen molar-refractivity contribution in [3.05, 3.63) is 11.8 Å². The van der Waals surface area contributed by atoms with Crippen molar-refractivity contribution in [2.24, 2.45) is 0 Å². The average molecular weight is 111 g/mol. The minimum absolute atomic E-state index is 0.827. The first-order valence-corrected chi connectivity index (χ1v) is 2.81. The Morgan fingerprint density at radius 2 is 2.50 bits per heavy atom. The van der Waals surface area contributed by atoms with E-state index < -0.39 is 0 Å². The maximum Gasteiger partial charge on any atom is 0.144 e. The van der Waals surface area contributed by atoms with Gasteiger partial charge >= 0.3 is 0 Å². The number of hydrogen-bond donors (Lipinski definition) is 1. The normalized spacial score (nSPS) is 23.2. The highest BCUT2D eigenvalue weighted by Crippen LogP contribution is 2.06. The van der Waals surface area contributed by atoms with Crippen LogP contribution in [-0.2, 0) is 4.79 Å². The minimum atomic E-state index is 0.827. The Balaban J connectivity index is 2.44. The van der Waals surface area contributed by atoms with Crippen molar-refractivity contribution in [3.8, 4) is 0 Å². The third kappa shape index (κ3) is 1.09. The molecule has 0 aromatic carbocycles. The molecule has 2 nitrogen and oxygen atoms in total. The molecule has 0 radical (unpaired) electrons. The summed E-state index contributed by atoms with van der Waals surface area (Å²) in [6.45, 7) is 1.03. The van der Waals surface area contributed by atoms with Gasteiger partial charge in [0.25, 0.3) is 0 Å². The minimum Gasteiger partial charge on any atom is -0.388 e. The molecule has 0 aromatic heterocycles. The van der Waals surface area contributed by atoms with Gasteiger partial charge in [0.1, 0.15) is 6.29 Å². The number of hydrogen-bond acceptors (Lipinski definition) is 2. The molecule has 1 rings (SSSR count). The van der Waals surface area contributed by atoms with Gasteiger partial charge in [-0.1, -0.05) is 0 Å². The number of rotatable bonds is 1. The van der Waals surface area contributed by atoms with Gasteiger partial charge in [-0.2, -0.15) is 0 Å². The van der Waals surface area contributed by atoms with E-state index in [0.717, 1.165) is 24.9 Å². The molecule has 0 aromatic rings. The molecule has 0 aliphatic carbocycles. The van der Waals surface area contributed by atoms with E-state index in [2.05, 4.69) is 5.32 Å². The van der Waals surface area contributed by atoms with Gasteiger partial charge in [0.15, 0.2) is 0 Å². The number of carbonyl (C=O) groups excluding carboxylic acids is 1. The summed E-state index contributed by atoms with van der Waals surface area (Å²) in [6, 6.07) is 0. The molecule has 1 aliphatic heterocycles. The molecule has 8 heavy (non-hydrogen) atoms. The zero-order chi connectivity index (χ0) is 5.82. The van der Waals surface area contributed by atoms with Crippen LogP contribution in [0.1, 0.15) is 12.8 Å². The van der Waals surface area contributed by atoms with Crippen molar-refractivity contribution >= 4 is 6.29 Å². The SMILES string of the molecule is O=C/C=C1\CCCN1. The smallest absolute Gasteiger partial charge is 0.144 e. The maximum atomic E-state index is 9.84. The Kier molecular flexibility index (Phi) is 1.67. The van der Waals surface area contributed by atoms with Gasteiger partial charge in [-0.15, -0.1) is 0 Å². The van der Waals surface area contributed by atoms with Gasteiger partial charge in [-0.05, 0) is 18.9 Å². The summed E-state index contributed by atoms with van der Waals surface area (Å²) >= 11 is 0. The summed E-state index contributed by atoms with van der Waals surface area (Å²) in [5.74, 6) is 0. The predicted octanol–water partition coefficient (Wildman–Crippen LogP) is 0.453. The van der Waals surface area contributed by atoms with E-state index in [1.165, 1.54) is 6.42 Å². The van der Waals surface area contributed by atoms with Crippen molar-refractivity contribution in [2.45, 2.75) is 12.8 Å². The number of carbonyl (C=O) groups is 1. The van der Waals surface area contributed by atoms with Gasteiger partial charge < -0.3 is 5.32 Å². The summed E-state index contributed by atoms with van der Waals surface area (Å²) in [5, 5.41) is 3.09. The molecule has 44 valence electrons. The van der Waals surface area contributed by atoms with Gasteiger partial charge in [0.05, 0.1) is 0 Å². The lowest BCUT2D eigenvalue weighted by atomic mass is 10.3. The molecule has 1 heterocycles. The fourth-order valence-corrected chi connectivity index (χ4v) is 0.841. The summed E-state index contributed by atoms with van der Waals surface area (Å²) in [6.07, 6.45) is 4.62. The zero-order valence-corrected chi connectivity index (χ0v) is 4.68. The number of nitrogens with one attached hydrogen (secondary N) is 1. The third-order valence-electron chi connectivity index (χ3n) is 1.24. The van der Waals surface area contributed by atoms with E-state index in [0.29, 0.717) is 0 Å². The molecular weight excluding hydrogens is 102 g/mol. The van der Waals surface area contributed by atoms with Crippen LogP contribution in [-0.4, -0.2) is 12.8 Å². The number of aldehydes is 1. The highest BCUT2D eigenvalue weighted by molar-refractivity contribution is 5.66. The molecule has 0 saturated carbocycles. The van der Waals surface area contributed by atoms with Crippen LogP contribution >= 0.6 is 0 Å². The summed E-state index contributed by atoms with van der Waals surface area (Å²) in [5.41, 5.74) is 1.08. The first-order valence-electron chi connectivity index (χ1n) is 2.81. The average Bonchev–Trinajstić information content (AvgIpc) is 2.19. The van der Waals surface area contributed by atoms with E-state index in [4.69, 9.17) is 0 Å². The second kappa shape index (κ2) is 2.50. The van der Waals surface area contributed by atoms with Crippen LogP contribution in [0.25, 0.3) is 0 Å². The molecule has 1 aliphatic rings. The Hall–Kier alpha value is -0.790. The van der Waals surface area contributed by atoms with Gasteiger partial charge in [0, 0.05) is 12.2 Å². The Labute approximate surface area is 48.6 Å². The fraction of sp³-hybridized carbons (Fsp3) is 0.500. The molecule has 0 spiro atoms. The second-order valence-electron chi connectivity index (χ2n) is 1.86. The van der Waals surface area contributed by atoms with Crippen LogP contribution in [0, 0.1) is 0 Å². The lowest BCUT2D eigenvalue weighted by Gasteiger charge is -1.90. The first kappa shape index (κ1) is 5.35. The molecule has 0 atom stereocenters. The first-order chi connectivity index (χ1) is 3.93. The Bertz CT molecular complexity index is 110. The molecule has 0 amide bonds. The van der Waals surface area contributed by atoms with E-state index in [1.807, 2.05) is 0 Å². The standard InChI is InChI=1S/C6H9NO/c8-5-3-6-2-1-4-7-6/h3,5,7H,1-2,4H2/b6-3+. The number of allylic oxidation sites excluding steroid dienone is 2. The van der Waals surface area contributed by atoms with Crippen molar-refractivity contribution in [1.29, 1.82) is 0 Å². The molecule has 0 unspecified atom stereocenters. The van der Waals surface area contributed by atoms with E-state index in [1.54, 1.807) is 6.08 Å².